The standard InChI is InChI=1S/C31H22IN3O7/c1-41-27-18-21(17-26(32)28(27)42-19-20-12-14-24(15-13-20)35(39)40)16-25-29(36)33(22-8-4-2-5-9-22)31(38)34(30(25)37)23-10-6-3-7-11-23/h2-18H,19H2,1H3. The van der Waals surface area contributed by atoms with Gasteiger partial charge >= 0.3 is 6.03 Å². The molecule has 0 N–H and O–H groups in total. The summed E-state index contributed by atoms with van der Waals surface area (Å²) in [4.78, 5) is 53.2. The van der Waals surface area contributed by atoms with Gasteiger partial charge in [0.1, 0.15) is 12.2 Å². The number of carbonyl (C=O) groups excluding carboxylic acids is 3. The summed E-state index contributed by atoms with van der Waals surface area (Å²) in [5, 5.41) is 10.9. The van der Waals surface area contributed by atoms with Crippen LogP contribution in [-0.4, -0.2) is 29.9 Å². The Morgan fingerprint density at radius 3 is 1.88 bits per heavy atom. The lowest BCUT2D eigenvalue weighted by atomic mass is 10.0. The minimum absolute atomic E-state index is 0.0199. The van der Waals surface area contributed by atoms with Crippen molar-refractivity contribution in [3.63, 3.8) is 0 Å². The SMILES string of the molecule is COc1cc(C=C2C(=O)N(c3ccccc3)C(=O)N(c3ccccc3)C2=O)cc(I)c1OCc1ccc([N+](=O)[O-])cc1. The van der Waals surface area contributed by atoms with E-state index in [0.29, 0.717) is 32.0 Å². The van der Waals surface area contributed by atoms with E-state index in [2.05, 4.69) is 22.6 Å². The van der Waals surface area contributed by atoms with E-state index in [1.165, 1.54) is 25.3 Å². The van der Waals surface area contributed by atoms with Crippen LogP contribution in [0.3, 0.4) is 0 Å². The highest BCUT2D eigenvalue weighted by Crippen LogP contribution is 2.36. The molecule has 4 aromatic rings. The number of nitro groups is 1. The molecule has 0 saturated carbocycles. The number of ether oxygens (including phenoxy) is 2. The molecule has 0 unspecified atom stereocenters. The fourth-order valence-corrected chi connectivity index (χ4v) is 5.12. The van der Waals surface area contributed by atoms with Crippen LogP contribution in [0.1, 0.15) is 11.1 Å². The summed E-state index contributed by atoms with van der Waals surface area (Å²) in [7, 11) is 1.46. The third-order valence-electron chi connectivity index (χ3n) is 6.37. The zero-order chi connectivity index (χ0) is 29.8. The quantitative estimate of drug-likeness (QED) is 0.0700. The summed E-state index contributed by atoms with van der Waals surface area (Å²) in [5.41, 5.74) is 1.62. The minimum Gasteiger partial charge on any atom is -0.493 e. The molecule has 0 spiro atoms. The zero-order valence-corrected chi connectivity index (χ0v) is 24.3. The highest BCUT2D eigenvalue weighted by molar-refractivity contribution is 14.1. The monoisotopic (exact) mass is 675 g/mol. The van der Waals surface area contributed by atoms with Gasteiger partial charge in [0, 0.05) is 12.1 Å². The van der Waals surface area contributed by atoms with Crippen LogP contribution in [0, 0.1) is 13.7 Å². The molecule has 1 aliphatic rings. The van der Waals surface area contributed by atoms with Crippen LogP contribution < -0.4 is 19.3 Å². The van der Waals surface area contributed by atoms with Crippen molar-refractivity contribution in [3.05, 3.63) is 127 Å². The van der Waals surface area contributed by atoms with E-state index < -0.39 is 22.8 Å². The normalized spacial score (nSPS) is 13.3. The maximum Gasteiger partial charge on any atom is 0.343 e. The molecule has 0 aliphatic carbocycles. The Balaban J connectivity index is 1.50. The summed E-state index contributed by atoms with van der Waals surface area (Å²) < 4.78 is 12.2. The molecular formula is C31H22IN3O7. The van der Waals surface area contributed by atoms with E-state index in [-0.39, 0.29) is 17.9 Å². The summed E-state index contributed by atoms with van der Waals surface area (Å²) in [5.74, 6) is -0.735. The first-order valence-electron chi connectivity index (χ1n) is 12.6. The van der Waals surface area contributed by atoms with Crippen LogP contribution >= 0.6 is 22.6 Å². The van der Waals surface area contributed by atoms with Crippen LogP contribution in [-0.2, 0) is 16.2 Å². The van der Waals surface area contributed by atoms with Crippen molar-refractivity contribution in [2.75, 3.05) is 16.9 Å². The Hall–Kier alpha value is -5.04. The number of nitrogens with zero attached hydrogens (tertiary/aromatic N) is 3. The van der Waals surface area contributed by atoms with Gasteiger partial charge in [0.25, 0.3) is 17.5 Å². The van der Waals surface area contributed by atoms with Crippen molar-refractivity contribution < 1.29 is 28.8 Å². The molecule has 10 nitrogen and oxygen atoms in total. The molecule has 0 bridgehead atoms. The molecule has 1 fully saturated rings. The molecular weight excluding hydrogens is 653 g/mol. The number of carbonyl (C=O) groups is 3. The first-order valence-corrected chi connectivity index (χ1v) is 13.6. The molecule has 4 aromatic carbocycles. The third-order valence-corrected chi connectivity index (χ3v) is 7.17. The molecule has 5 rings (SSSR count). The van der Waals surface area contributed by atoms with Crippen LogP contribution in [0.15, 0.2) is 103 Å². The van der Waals surface area contributed by atoms with Crippen LogP contribution in [0.5, 0.6) is 11.5 Å². The Morgan fingerprint density at radius 2 is 1.38 bits per heavy atom. The van der Waals surface area contributed by atoms with Gasteiger partial charge in [-0.1, -0.05) is 36.4 Å². The van der Waals surface area contributed by atoms with Gasteiger partial charge in [-0.2, -0.15) is 0 Å². The number of hydrogen-bond acceptors (Lipinski definition) is 7. The summed E-state index contributed by atoms with van der Waals surface area (Å²) in [6, 6.07) is 25.4. The highest BCUT2D eigenvalue weighted by Gasteiger charge is 2.43. The maximum atomic E-state index is 13.6. The average molecular weight is 675 g/mol. The van der Waals surface area contributed by atoms with Gasteiger partial charge in [-0.05, 0) is 88.3 Å². The number of amides is 4. The maximum absolute atomic E-state index is 13.6. The van der Waals surface area contributed by atoms with Crippen molar-refractivity contribution in [2.24, 2.45) is 0 Å². The molecule has 4 amide bonds. The van der Waals surface area contributed by atoms with Crippen molar-refractivity contribution in [3.8, 4) is 11.5 Å². The lowest BCUT2D eigenvalue weighted by Gasteiger charge is -2.34. The average Bonchev–Trinajstić information content (AvgIpc) is 3.00. The van der Waals surface area contributed by atoms with Gasteiger partial charge in [0.2, 0.25) is 0 Å². The van der Waals surface area contributed by atoms with Gasteiger partial charge in [-0.15, -0.1) is 0 Å². The third kappa shape index (κ3) is 5.72. The smallest absolute Gasteiger partial charge is 0.343 e. The minimum atomic E-state index is -0.776. The molecule has 0 radical (unpaired) electrons. The lowest BCUT2D eigenvalue weighted by Crippen LogP contribution is -2.57. The molecule has 1 aliphatic heterocycles. The summed E-state index contributed by atoms with van der Waals surface area (Å²) in [6.07, 6.45) is 1.42. The van der Waals surface area contributed by atoms with Crippen LogP contribution in [0.25, 0.3) is 6.08 Å². The highest BCUT2D eigenvalue weighted by atomic mass is 127. The second-order valence-corrected chi connectivity index (χ2v) is 10.2. The number of hydrogen-bond donors (Lipinski definition) is 0. The number of methoxy groups -OCH3 is 1. The van der Waals surface area contributed by atoms with E-state index in [1.807, 2.05) is 0 Å². The number of benzene rings is 4. The van der Waals surface area contributed by atoms with Crippen LogP contribution in [0.4, 0.5) is 21.9 Å². The fraction of sp³-hybridized carbons (Fsp3) is 0.0645. The second-order valence-electron chi connectivity index (χ2n) is 9.04. The number of barbiturate groups is 1. The van der Waals surface area contributed by atoms with Gasteiger partial charge in [-0.3, -0.25) is 19.7 Å². The number of imide groups is 2. The lowest BCUT2D eigenvalue weighted by molar-refractivity contribution is -0.384. The van der Waals surface area contributed by atoms with E-state index in [0.717, 1.165) is 15.4 Å². The molecule has 11 heteroatoms. The predicted octanol–water partition coefficient (Wildman–Crippen LogP) is 6.37. The van der Waals surface area contributed by atoms with Crippen molar-refractivity contribution in [2.45, 2.75) is 6.61 Å². The van der Waals surface area contributed by atoms with E-state index in [1.54, 1.807) is 84.9 Å². The van der Waals surface area contributed by atoms with Crippen molar-refractivity contribution in [1.29, 1.82) is 0 Å². The second kappa shape index (κ2) is 12.2. The number of halogens is 1. The predicted molar refractivity (Wildman–Crippen MR) is 164 cm³/mol. The van der Waals surface area contributed by atoms with E-state index in [9.17, 15) is 24.5 Å². The molecule has 210 valence electrons. The number of urea groups is 1. The van der Waals surface area contributed by atoms with E-state index >= 15 is 0 Å². The molecule has 0 aromatic heterocycles. The number of rotatable bonds is 8. The van der Waals surface area contributed by atoms with Crippen molar-refractivity contribution in [1.82, 2.24) is 0 Å². The van der Waals surface area contributed by atoms with Gasteiger partial charge in [0.05, 0.1) is 27.0 Å². The van der Waals surface area contributed by atoms with Gasteiger partial charge in [-0.25, -0.2) is 14.6 Å². The number of anilines is 2. The van der Waals surface area contributed by atoms with E-state index in [4.69, 9.17) is 9.47 Å². The number of para-hydroxylation sites is 2. The Bertz CT molecular complexity index is 1640. The first-order chi connectivity index (χ1) is 20.3. The number of nitro benzene ring substituents is 1. The zero-order valence-electron chi connectivity index (χ0n) is 22.1. The Kier molecular flexibility index (Phi) is 8.29. The van der Waals surface area contributed by atoms with Crippen molar-refractivity contribution >= 4 is 63.6 Å². The summed E-state index contributed by atoms with van der Waals surface area (Å²) >= 11 is 2.06. The molecule has 1 heterocycles. The molecule has 42 heavy (non-hydrogen) atoms. The van der Waals surface area contributed by atoms with Gasteiger partial charge < -0.3 is 9.47 Å². The molecule has 1 saturated heterocycles. The topological polar surface area (TPSA) is 119 Å². The molecule has 0 atom stereocenters. The van der Waals surface area contributed by atoms with Gasteiger partial charge in [0.15, 0.2) is 11.5 Å². The largest absolute Gasteiger partial charge is 0.493 e. The Labute approximate surface area is 254 Å². The fourth-order valence-electron chi connectivity index (χ4n) is 4.34. The number of non-ortho nitro benzene ring substituents is 1. The first kappa shape index (κ1) is 28.5. The van der Waals surface area contributed by atoms with Crippen LogP contribution in [0.2, 0.25) is 0 Å². The Morgan fingerprint density at radius 1 is 0.833 bits per heavy atom. The summed E-state index contributed by atoms with van der Waals surface area (Å²) in [6.45, 7) is 0.127.